The van der Waals surface area contributed by atoms with E-state index in [-0.39, 0.29) is 5.91 Å². The lowest BCUT2D eigenvalue weighted by Crippen LogP contribution is -2.26. The van der Waals surface area contributed by atoms with Crippen LogP contribution in [-0.4, -0.2) is 36.2 Å². The van der Waals surface area contributed by atoms with E-state index in [1.807, 2.05) is 0 Å². The number of hydrogen-bond donors (Lipinski definition) is 1. The lowest BCUT2D eigenvalue weighted by atomic mass is 10.4. The summed E-state index contributed by atoms with van der Waals surface area (Å²) in [6.07, 6.45) is 0.898. The molecule has 0 aromatic carbocycles. The van der Waals surface area contributed by atoms with Gasteiger partial charge in [0.15, 0.2) is 5.13 Å². The van der Waals surface area contributed by atoms with E-state index in [9.17, 15) is 4.79 Å². The number of aromatic nitrogens is 1. The van der Waals surface area contributed by atoms with Crippen LogP contribution in [0.1, 0.15) is 16.9 Å². The fourth-order valence-electron chi connectivity index (χ4n) is 1.22. The van der Waals surface area contributed by atoms with Gasteiger partial charge < -0.3 is 5.32 Å². The van der Waals surface area contributed by atoms with Crippen molar-refractivity contribution in [3.63, 3.8) is 0 Å². The zero-order valence-electron chi connectivity index (χ0n) is 7.82. The third-order valence-electron chi connectivity index (χ3n) is 1.92. The first-order valence-electron chi connectivity index (χ1n) is 4.39. The minimum absolute atomic E-state index is 0.153. The van der Waals surface area contributed by atoms with Crippen LogP contribution in [0, 0.1) is 0 Å². The highest BCUT2D eigenvalue weighted by Crippen LogP contribution is 2.17. The van der Waals surface area contributed by atoms with Gasteiger partial charge in [-0.3, -0.25) is 9.63 Å². The number of nitrogens with one attached hydrogen (secondary N) is 1. The highest BCUT2D eigenvalue weighted by Gasteiger charge is 2.22. The Morgan fingerprint density at radius 3 is 3.21 bits per heavy atom. The molecule has 6 heteroatoms. The third-order valence-corrected chi connectivity index (χ3v) is 2.78. The van der Waals surface area contributed by atoms with E-state index in [4.69, 9.17) is 4.84 Å². The molecule has 14 heavy (non-hydrogen) atoms. The Morgan fingerprint density at radius 1 is 1.79 bits per heavy atom. The Kier molecular flexibility index (Phi) is 2.64. The molecule has 5 nitrogen and oxygen atoms in total. The highest BCUT2D eigenvalue weighted by atomic mass is 32.1. The van der Waals surface area contributed by atoms with Crippen LogP contribution in [0.15, 0.2) is 5.38 Å². The second-order valence-electron chi connectivity index (χ2n) is 2.88. The van der Waals surface area contributed by atoms with Gasteiger partial charge in [-0.15, -0.1) is 11.3 Å². The maximum Gasteiger partial charge on any atom is 0.296 e. The number of hydrogen-bond acceptors (Lipinski definition) is 5. The Balaban J connectivity index is 2.09. The third kappa shape index (κ3) is 1.71. The molecule has 1 aliphatic rings. The monoisotopic (exact) mass is 213 g/mol. The summed E-state index contributed by atoms with van der Waals surface area (Å²) < 4.78 is 0. The van der Waals surface area contributed by atoms with E-state index in [0.717, 1.165) is 11.6 Å². The summed E-state index contributed by atoms with van der Waals surface area (Å²) in [5, 5.41) is 6.73. The van der Waals surface area contributed by atoms with Gasteiger partial charge in [0.05, 0.1) is 13.2 Å². The van der Waals surface area contributed by atoms with Crippen molar-refractivity contribution >= 4 is 22.4 Å². The largest absolute Gasteiger partial charge is 0.365 e. The quantitative estimate of drug-likeness (QED) is 0.795. The van der Waals surface area contributed by atoms with Crippen molar-refractivity contribution in [2.45, 2.75) is 6.42 Å². The molecule has 0 aliphatic carbocycles. The van der Waals surface area contributed by atoms with Crippen LogP contribution in [-0.2, 0) is 4.84 Å². The smallest absolute Gasteiger partial charge is 0.296 e. The summed E-state index contributed by atoms with van der Waals surface area (Å²) in [6, 6.07) is 0. The molecule has 1 amide bonds. The van der Waals surface area contributed by atoms with E-state index in [2.05, 4.69) is 10.3 Å². The Bertz CT molecular complexity index is 333. The number of carbonyl (C=O) groups is 1. The zero-order chi connectivity index (χ0) is 9.97. The van der Waals surface area contributed by atoms with Gasteiger partial charge in [-0.05, 0) is 6.42 Å². The van der Waals surface area contributed by atoms with Crippen LogP contribution in [0.3, 0.4) is 0 Å². The van der Waals surface area contributed by atoms with E-state index < -0.39 is 0 Å². The topological polar surface area (TPSA) is 54.5 Å². The molecule has 0 unspecified atom stereocenters. The molecule has 2 rings (SSSR count). The molecular formula is C8H11N3O2S. The van der Waals surface area contributed by atoms with Crippen molar-refractivity contribution in [2.75, 3.05) is 25.5 Å². The number of rotatable bonds is 2. The van der Waals surface area contributed by atoms with E-state index >= 15 is 0 Å². The average molecular weight is 213 g/mol. The number of thiazole rings is 1. The number of nitrogens with zero attached hydrogens (tertiary/aromatic N) is 2. The molecule has 1 saturated heterocycles. The fourth-order valence-corrected chi connectivity index (χ4v) is 1.87. The molecule has 0 saturated carbocycles. The van der Waals surface area contributed by atoms with Gasteiger partial charge in [-0.2, -0.15) is 0 Å². The molecular weight excluding hydrogens is 202 g/mol. The Morgan fingerprint density at radius 2 is 2.64 bits per heavy atom. The van der Waals surface area contributed by atoms with Crippen LogP contribution in [0.25, 0.3) is 0 Å². The van der Waals surface area contributed by atoms with Gasteiger partial charge >= 0.3 is 0 Å². The summed E-state index contributed by atoms with van der Waals surface area (Å²) in [6.45, 7) is 1.28. The average Bonchev–Trinajstić information content (AvgIpc) is 2.88. The van der Waals surface area contributed by atoms with E-state index in [1.54, 1.807) is 12.4 Å². The van der Waals surface area contributed by atoms with Gasteiger partial charge in [0.25, 0.3) is 5.91 Å². The summed E-state index contributed by atoms with van der Waals surface area (Å²) in [4.78, 5) is 20.9. The molecule has 0 atom stereocenters. The van der Waals surface area contributed by atoms with Crippen molar-refractivity contribution in [3.05, 3.63) is 11.1 Å². The van der Waals surface area contributed by atoms with Gasteiger partial charge in [-0.1, -0.05) is 0 Å². The van der Waals surface area contributed by atoms with Crippen molar-refractivity contribution in [1.29, 1.82) is 0 Å². The predicted octanol–water partition coefficient (Wildman–Crippen LogP) is 0.962. The lowest BCUT2D eigenvalue weighted by molar-refractivity contribution is -0.0771. The van der Waals surface area contributed by atoms with Crippen molar-refractivity contribution in [3.8, 4) is 0 Å². The molecule has 1 aromatic rings. The van der Waals surface area contributed by atoms with Crippen molar-refractivity contribution in [1.82, 2.24) is 10.0 Å². The summed E-state index contributed by atoms with van der Waals surface area (Å²) in [5.74, 6) is -0.153. The van der Waals surface area contributed by atoms with Crippen molar-refractivity contribution < 1.29 is 9.63 Å². The predicted molar refractivity (Wildman–Crippen MR) is 53.3 cm³/mol. The van der Waals surface area contributed by atoms with Gasteiger partial charge in [0.1, 0.15) is 5.69 Å². The van der Waals surface area contributed by atoms with Crippen LogP contribution in [0.5, 0.6) is 0 Å². The first-order valence-corrected chi connectivity index (χ1v) is 5.27. The van der Waals surface area contributed by atoms with Gasteiger partial charge in [-0.25, -0.2) is 10.0 Å². The maximum atomic E-state index is 11.7. The normalized spacial score (nSPS) is 15.9. The van der Waals surface area contributed by atoms with E-state index in [1.165, 1.54) is 16.4 Å². The molecule has 76 valence electrons. The molecule has 1 fully saturated rings. The fraction of sp³-hybridized carbons (Fsp3) is 0.500. The van der Waals surface area contributed by atoms with Crippen LogP contribution >= 0.6 is 11.3 Å². The minimum Gasteiger partial charge on any atom is -0.365 e. The van der Waals surface area contributed by atoms with Crippen LogP contribution in [0.4, 0.5) is 5.13 Å². The van der Waals surface area contributed by atoms with Gasteiger partial charge in [0, 0.05) is 12.4 Å². The van der Waals surface area contributed by atoms with Crippen molar-refractivity contribution in [2.24, 2.45) is 0 Å². The number of amides is 1. The number of carbonyl (C=O) groups excluding carboxylic acids is 1. The first kappa shape index (κ1) is 9.42. The number of hydroxylamine groups is 2. The zero-order valence-corrected chi connectivity index (χ0v) is 8.63. The molecule has 1 N–H and O–H groups in total. The molecule has 0 radical (unpaired) electrons. The Labute approximate surface area is 85.6 Å². The first-order chi connectivity index (χ1) is 6.81. The standard InChI is InChI=1S/C8H11N3O2S/c1-9-8-10-6(5-14-8)7(12)11-3-2-4-13-11/h5H,2-4H2,1H3,(H,9,10). The molecule has 1 aromatic heterocycles. The second-order valence-corrected chi connectivity index (χ2v) is 3.74. The van der Waals surface area contributed by atoms with Crippen LogP contribution in [0.2, 0.25) is 0 Å². The molecule has 0 bridgehead atoms. The molecule has 2 heterocycles. The summed E-state index contributed by atoms with van der Waals surface area (Å²) >= 11 is 1.41. The summed E-state index contributed by atoms with van der Waals surface area (Å²) in [7, 11) is 1.78. The second kappa shape index (κ2) is 3.93. The summed E-state index contributed by atoms with van der Waals surface area (Å²) in [5.41, 5.74) is 0.446. The molecule has 1 aliphatic heterocycles. The maximum absolute atomic E-state index is 11.7. The lowest BCUT2D eigenvalue weighted by Gasteiger charge is -2.11. The molecule has 0 spiro atoms. The SMILES string of the molecule is CNc1nc(C(=O)N2CCCO2)cs1. The highest BCUT2D eigenvalue weighted by molar-refractivity contribution is 7.13. The number of anilines is 1. The van der Waals surface area contributed by atoms with Crippen LogP contribution < -0.4 is 5.32 Å². The minimum atomic E-state index is -0.153. The van der Waals surface area contributed by atoms with E-state index in [0.29, 0.717) is 18.8 Å². The van der Waals surface area contributed by atoms with Gasteiger partial charge in [0.2, 0.25) is 0 Å². The Hall–Kier alpha value is -1.14.